The molecule has 2 unspecified atom stereocenters. The number of hydrogen-bond acceptors (Lipinski definition) is 3. The number of anilines is 1. The van der Waals surface area contributed by atoms with Gasteiger partial charge in [-0.2, -0.15) is 0 Å². The molecule has 0 heterocycles. The molecule has 1 fully saturated rings. The highest BCUT2D eigenvalue weighted by Gasteiger charge is 2.47. The van der Waals surface area contributed by atoms with Crippen molar-refractivity contribution in [2.45, 2.75) is 26.7 Å². The Balaban J connectivity index is 1.46. The Morgan fingerprint density at radius 3 is 2.56 bits per heavy atom. The summed E-state index contributed by atoms with van der Waals surface area (Å²) in [5.74, 6) is 0.229. The molecular weight excluding hydrogens is 340 g/mol. The molecule has 1 aliphatic rings. The minimum Gasteiger partial charge on any atom is -0.496 e. The van der Waals surface area contributed by atoms with Gasteiger partial charge < -0.3 is 15.4 Å². The highest BCUT2D eigenvalue weighted by Crippen LogP contribution is 2.39. The Morgan fingerprint density at radius 1 is 1.07 bits per heavy atom. The molecule has 0 saturated heterocycles. The second-order valence-corrected chi connectivity index (χ2v) is 7.11. The van der Waals surface area contributed by atoms with E-state index in [0.29, 0.717) is 19.4 Å². The van der Waals surface area contributed by atoms with Crippen LogP contribution in [0.15, 0.2) is 42.5 Å². The van der Waals surface area contributed by atoms with Gasteiger partial charge in [-0.25, -0.2) is 0 Å². The zero-order chi connectivity index (χ0) is 19.4. The van der Waals surface area contributed by atoms with Gasteiger partial charge in [0, 0.05) is 12.2 Å². The van der Waals surface area contributed by atoms with E-state index in [9.17, 15) is 9.59 Å². The molecule has 5 nitrogen and oxygen atoms in total. The van der Waals surface area contributed by atoms with Gasteiger partial charge in [0.2, 0.25) is 11.8 Å². The third-order valence-electron chi connectivity index (χ3n) is 4.99. The van der Waals surface area contributed by atoms with Gasteiger partial charge in [0.25, 0.3) is 0 Å². The number of amides is 2. The van der Waals surface area contributed by atoms with Gasteiger partial charge in [0.15, 0.2) is 0 Å². The standard InChI is InChI=1S/C22H26N2O3/c1-14-8-9-19(15(2)12-14)24-22(26)18-13-17(18)21(25)23-11-10-16-6-4-5-7-20(16)27-3/h4-9,12,17-18H,10-11,13H2,1-3H3,(H,23,25)(H,24,26). The normalized spacial score (nSPS) is 17.9. The van der Waals surface area contributed by atoms with Crippen molar-refractivity contribution in [1.82, 2.24) is 5.32 Å². The van der Waals surface area contributed by atoms with Crippen molar-refractivity contribution < 1.29 is 14.3 Å². The number of nitrogens with one attached hydrogen (secondary N) is 2. The number of methoxy groups -OCH3 is 1. The van der Waals surface area contributed by atoms with Crippen LogP contribution in [0.3, 0.4) is 0 Å². The fourth-order valence-electron chi connectivity index (χ4n) is 3.31. The average Bonchev–Trinajstić information content (AvgIpc) is 3.45. The molecule has 0 spiro atoms. The molecule has 2 aromatic carbocycles. The smallest absolute Gasteiger partial charge is 0.228 e. The van der Waals surface area contributed by atoms with Crippen molar-refractivity contribution in [2.75, 3.05) is 19.0 Å². The zero-order valence-electron chi connectivity index (χ0n) is 16.0. The highest BCUT2D eigenvalue weighted by atomic mass is 16.5. The molecule has 0 aliphatic heterocycles. The van der Waals surface area contributed by atoms with Crippen molar-refractivity contribution in [1.29, 1.82) is 0 Å². The Hall–Kier alpha value is -2.82. The largest absolute Gasteiger partial charge is 0.496 e. The third-order valence-corrected chi connectivity index (χ3v) is 4.99. The molecule has 0 radical (unpaired) electrons. The number of ether oxygens (including phenoxy) is 1. The SMILES string of the molecule is COc1ccccc1CCNC(=O)C1CC1C(=O)Nc1ccc(C)cc1C. The Kier molecular flexibility index (Phi) is 5.79. The maximum Gasteiger partial charge on any atom is 0.228 e. The van der Waals surface area contributed by atoms with Crippen molar-refractivity contribution in [3.8, 4) is 5.75 Å². The van der Waals surface area contributed by atoms with E-state index in [-0.39, 0.29) is 23.7 Å². The van der Waals surface area contributed by atoms with E-state index in [4.69, 9.17) is 4.74 Å². The second-order valence-electron chi connectivity index (χ2n) is 7.11. The predicted molar refractivity (Wildman–Crippen MR) is 106 cm³/mol. The Labute approximate surface area is 160 Å². The summed E-state index contributed by atoms with van der Waals surface area (Å²) in [6, 6.07) is 13.7. The molecule has 2 N–H and O–H groups in total. The number of hydrogen-bond donors (Lipinski definition) is 2. The number of carbonyl (C=O) groups excluding carboxylic acids is 2. The van der Waals surface area contributed by atoms with Crippen molar-refractivity contribution in [2.24, 2.45) is 11.8 Å². The van der Waals surface area contributed by atoms with Crippen LogP contribution in [0.2, 0.25) is 0 Å². The first-order chi connectivity index (χ1) is 13.0. The Morgan fingerprint density at radius 2 is 1.81 bits per heavy atom. The van der Waals surface area contributed by atoms with Gasteiger partial charge in [0.05, 0.1) is 18.9 Å². The molecule has 2 aromatic rings. The Bertz CT molecular complexity index is 847. The van der Waals surface area contributed by atoms with E-state index < -0.39 is 0 Å². The number of benzene rings is 2. The van der Waals surface area contributed by atoms with Gasteiger partial charge in [-0.3, -0.25) is 9.59 Å². The first kappa shape index (κ1) is 19.0. The van der Waals surface area contributed by atoms with Crippen molar-refractivity contribution >= 4 is 17.5 Å². The van der Waals surface area contributed by atoms with Gasteiger partial charge in [0.1, 0.15) is 5.75 Å². The van der Waals surface area contributed by atoms with Crippen LogP contribution in [-0.2, 0) is 16.0 Å². The molecule has 142 valence electrons. The summed E-state index contributed by atoms with van der Waals surface area (Å²) in [6.07, 6.45) is 1.30. The minimum atomic E-state index is -0.239. The molecule has 1 saturated carbocycles. The summed E-state index contributed by atoms with van der Waals surface area (Å²) in [7, 11) is 1.64. The van der Waals surface area contributed by atoms with Crippen LogP contribution in [0.25, 0.3) is 0 Å². The molecular formula is C22H26N2O3. The third kappa shape index (κ3) is 4.67. The molecule has 3 rings (SSSR count). The lowest BCUT2D eigenvalue weighted by Crippen LogP contribution is -2.29. The number of rotatable bonds is 7. The van der Waals surface area contributed by atoms with Crippen molar-refractivity contribution in [3.63, 3.8) is 0 Å². The van der Waals surface area contributed by atoms with E-state index >= 15 is 0 Å². The topological polar surface area (TPSA) is 67.4 Å². The molecule has 2 atom stereocenters. The zero-order valence-corrected chi connectivity index (χ0v) is 16.0. The monoisotopic (exact) mass is 366 g/mol. The van der Waals surface area contributed by atoms with Crippen LogP contribution in [0.4, 0.5) is 5.69 Å². The number of para-hydroxylation sites is 1. The summed E-state index contributed by atoms with van der Waals surface area (Å²) in [6.45, 7) is 4.52. The van der Waals surface area contributed by atoms with E-state index in [1.54, 1.807) is 7.11 Å². The summed E-state index contributed by atoms with van der Waals surface area (Å²) in [5.41, 5.74) is 4.05. The molecule has 0 bridgehead atoms. The van der Waals surface area contributed by atoms with E-state index in [0.717, 1.165) is 28.1 Å². The summed E-state index contributed by atoms with van der Waals surface area (Å²) < 4.78 is 5.32. The van der Waals surface area contributed by atoms with Crippen molar-refractivity contribution in [3.05, 3.63) is 59.2 Å². The molecule has 0 aromatic heterocycles. The average molecular weight is 366 g/mol. The summed E-state index contributed by atoms with van der Waals surface area (Å²) >= 11 is 0. The summed E-state index contributed by atoms with van der Waals surface area (Å²) in [4.78, 5) is 24.7. The number of carbonyl (C=O) groups is 2. The molecule has 1 aliphatic carbocycles. The highest BCUT2D eigenvalue weighted by molar-refractivity contribution is 5.99. The molecule has 5 heteroatoms. The lowest BCUT2D eigenvalue weighted by atomic mass is 10.1. The van der Waals surface area contributed by atoms with Crippen LogP contribution < -0.4 is 15.4 Å². The van der Waals surface area contributed by atoms with E-state index in [2.05, 4.69) is 10.6 Å². The molecule has 27 heavy (non-hydrogen) atoms. The van der Waals surface area contributed by atoms with Gasteiger partial charge in [-0.05, 0) is 49.9 Å². The van der Waals surface area contributed by atoms with Gasteiger partial charge >= 0.3 is 0 Å². The van der Waals surface area contributed by atoms with E-state index in [1.807, 2.05) is 56.3 Å². The lowest BCUT2D eigenvalue weighted by Gasteiger charge is -2.10. The van der Waals surface area contributed by atoms with Crippen LogP contribution in [0.1, 0.15) is 23.1 Å². The fraction of sp³-hybridized carbons (Fsp3) is 0.364. The van der Waals surface area contributed by atoms with Crippen LogP contribution in [0, 0.1) is 25.7 Å². The van der Waals surface area contributed by atoms with Gasteiger partial charge in [-0.1, -0.05) is 35.9 Å². The minimum absolute atomic E-state index is 0.0503. The maximum atomic E-state index is 12.4. The lowest BCUT2D eigenvalue weighted by molar-refractivity contribution is -0.125. The maximum absolute atomic E-state index is 12.4. The van der Waals surface area contributed by atoms with Crippen LogP contribution in [-0.4, -0.2) is 25.5 Å². The van der Waals surface area contributed by atoms with E-state index in [1.165, 1.54) is 0 Å². The van der Waals surface area contributed by atoms with Crippen LogP contribution in [0.5, 0.6) is 5.75 Å². The quantitative estimate of drug-likeness (QED) is 0.790. The fourth-order valence-corrected chi connectivity index (χ4v) is 3.31. The first-order valence-corrected chi connectivity index (χ1v) is 9.27. The van der Waals surface area contributed by atoms with Crippen LogP contribution >= 0.6 is 0 Å². The molecule has 2 amide bonds. The van der Waals surface area contributed by atoms with Gasteiger partial charge in [-0.15, -0.1) is 0 Å². The number of aryl methyl sites for hydroxylation is 2. The predicted octanol–water partition coefficient (Wildman–Crippen LogP) is 3.25. The second kappa shape index (κ2) is 8.25. The first-order valence-electron chi connectivity index (χ1n) is 9.27. The summed E-state index contributed by atoms with van der Waals surface area (Å²) in [5, 5.41) is 5.88.